The Morgan fingerprint density at radius 2 is 1.65 bits per heavy atom. The first kappa shape index (κ1) is 15.1. The van der Waals surface area contributed by atoms with Gasteiger partial charge < -0.3 is 0 Å². The van der Waals surface area contributed by atoms with Crippen LogP contribution in [-0.2, 0) is 4.79 Å². The van der Waals surface area contributed by atoms with Gasteiger partial charge in [0.05, 0.1) is 12.2 Å². The maximum absolute atomic E-state index is 12.5. The van der Waals surface area contributed by atoms with Crippen molar-refractivity contribution in [3.8, 4) is 0 Å². The summed E-state index contributed by atoms with van der Waals surface area (Å²) in [5, 5.41) is 10.0. The summed E-state index contributed by atoms with van der Waals surface area (Å²) in [6.07, 6.45) is 0.317. The largest absolute Gasteiger partial charge is 0.299 e. The standard InChI is InChI=1S/C18H17N3O2/c22-17-11-12-21(20-19-15-9-5-2-6-10-15)13-16(17)18(23)14-7-3-1-4-8-14/h1-10,16H,11-13H2. The molecule has 0 radical (unpaired) electrons. The van der Waals surface area contributed by atoms with E-state index in [1.54, 1.807) is 29.3 Å². The van der Waals surface area contributed by atoms with Crippen LogP contribution >= 0.6 is 0 Å². The van der Waals surface area contributed by atoms with E-state index in [-0.39, 0.29) is 18.1 Å². The average molecular weight is 307 g/mol. The fourth-order valence-corrected chi connectivity index (χ4v) is 2.54. The number of carbonyl (C=O) groups is 2. The molecule has 5 nitrogen and oxygen atoms in total. The van der Waals surface area contributed by atoms with Crippen molar-refractivity contribution in [2.24, 2.45) is 16.3 Å². The van der Waals surface area contributed by atoms with Crippen LogP contribution in [0.2, 0.25) is 0 Å². The molecule has 3 rings (SSSR count). The van der Waals surface area contributed by atoms with Gasteiger partial charge in [-0.25, -0.2) is 0 Å². The molecular formula is C18H17N3O2. The molecule has 1 saturated heterocycles. The van der Waals surface area contributed by atoms with E-state index in [9.17, 15) is 9.59 Å². The number of hydrogen-bond donors (Lipinski definition) is 0. The highest BCUT2D eigenvalue weighted by Gasteiger charge is 2.33. The van der Waals surface area contributed by atoms with E-state index in [0.29, 0.717) is 18.5 Å². The maximum Gasteiger partial charge on any atom is 0.175 e. The molecule has 1 fully saturated rings. The van der Waals surface area contributed by atoms with Gasteiger partial charge in [-0.3, -0.25) is 14.6 Å². The fraction of sp³-hybridized carbons (Fsp3) is 0.222. The fourth-order valence-electron chi connectivity index (χ4n) is 2.54. The molecule has 1 unspecified atom stereocenters. The van der Waals surface area contributed by atoms with Crippen LogP contribution in [0.15, 0.2) is 71.0 Å². The number of hydrogen-bond acceptors (Lipinski definition) is 4. The third-order valence-corrected chi connectivity index (χ3v) is 3.82. The van der Waals surface area contributed by atoms with Crippen molar-refractivity contribution in [1.82, 2.24) is 5.01 Å². The maximum atomic E-state index is 12.5. The summed E-state index contributed by atoms with van der Waals surface area (Å²) < 4.78 is 0. The first-order chi connectivity index (χ1) is 11.2. The molecule has 1 heterocycles. The molecule has 1 atom stereocenters. The molecule has 0 aliphatic carbocycles. The smallest absolute Gasteiger partial charge is 0.175 e. The van der Waals surface area contributed by atoms with Crippen LogP contribution in [0.25, 0.3) is 0 Å². The Kier molecular flexibility index (Phi) is 4.57. The molecule has 0 bridgehead atoms. The molecule has 0 spiro atoms. The molecule has 0 saturated carbocycles. The van der Waals surface area contributed by atoms with Gasteiger partial charge in [-0.05, 0) is 12.1 Å². The first-order valence-corrected chi connectivity index (χ1v) is 7.57. The minimum absolute atomic E-state index is 0.0231. The van der Waals surface area contributed by atoms with Gasteiger partial charge in [0.2, 0.25) is 0 Å². The third kappa shape index (κ3) is 3.69. The molecule has 0 aromatic heterocycles. The van der Waals surface area contributed by atoms with Crippen molar-refractivity contribution in [3.63, 3.8) is 0 Å². The second-order valence-electron chi connectivity index (χ2n) is 5.44. The average Bonchev–Trinajstić information content (AvgIpc) is 2.62. The first-order valence-electron chi connectivity index (χ1n) is 7.57. The van der Waals surface area contributed by atoms with Crippen LogP contribution in [0.4, 0.5) is 5.69 Å². The van der Waals surface area contributed by atoms with Crippen molar-refractivity contribution in [2.45, 2.75) is 6.42 Å². The number of rotatable bonds is 4. The van der Waals surface area contributed by atoms with Gasteiger partial charge in [-0.1, -0.05) is 53.8 Å². The van der Waals surface area contributed by atoms with Crippen LogP contribution < -0.4 is 0 Å². The predicted molar refractivity (Wildman–Crippen MR) is 86.4 cm³/mol. The van der Waals surface area contributed by atoms with Crippen molar-refractivity contribution in [2.75, 3.05) is 13.1 Å². The van der Waals surface area contributed by atoms with Crippen molar-refractivity contribution in [3.05, 3.63) is 66.2 Å². The normalized spacial score (nSPS) is 18.3. The molecule has 1 aliphatic heterocycles. The lowest BCUT2D eigenvalue weighted by Crippen LogP contribution is -2.41. The van der Waals surface area contributed by atoms with Crippen LogP contribution in [-0.4, -0.2) is 29.7 Å². The lowest BCUT2D eigenvalue weighted by molar-refractivity contribution is -0.124. The molecule has 2 aromatic carbocycles. The number of nitrogens with zero attached hydrogens (tertiary/aromatic N) is 3. The molecule has 1 aliphatic rings. The van der Waals surface area contributed by atoms with Gasteiger partial charge in [0, 0.05) is 18.5 Å². The highest BCUT2D eigenvalue weighted by molar-refractivity contribution is 6.11. The molecule has 0 amide bonds. The third-order valence-electron chi connectivity index (χ3n) is 3.82. The van der Waals surface area contributed by atoms with E-state index >= 15 is 0 Å². The Morgan fingerprint density at radius 1 is 1.00 bits per heavy atom. The zero-order valence-electron chi connectivity index (χ0n) is 12.6. The summed E-state index contributed by atoms with van der Waals surface area (Å²) in [6, 6.07) is 18.3. The Labute approximate surface area is 134 Å². The highest BCUT2D eigenvalue weighted by atomic mass is 16.2. The van der Waals surface area contributed by atoms with Gasteiger partial charge in [-0.2, -0.15) is 0 Å². The molecular weight excluding hydrogens is 290 g/mol. The number of benzene rings is 2. The molecule has 23 heavy (non-hydrogen) atoms. The number of piperidine rings is 1. The van der Waals surface area contributed by atoms with Crippen molar-refractivity contribution in [1.29, 1.82) is 0 Å². The van der Waals surface area contributed by atoms with Crippen molar-refractivity contribution < 1.29 is 9.59 Å². The predicted octanol–water partition coefficient (Wildman–Crippen LogP) is 3.46. The molecule has 5 heteroatoms. The van der Waals surface area contributed by atoms with E-state index in [1.165, 1.54) is 0 Å². The molecule has 0 N–H and O–H groups in total. The second kappa shape index (κ2) is 6.96. The molecule has 116 valence electrons. The summed E-state index contributed by atoms with van der Waals surface area (Å²) in [5.74, 6) is -0.832. The lowest BCUT2D eigenvalue weighted by atomic mass is 9.89. The monoisotopic (exact) mass is 307 g/mol. The zero-order valence-corrected chi connectivity index (χ0v) is 12.6. The quantitative estimate of drug-likeness (QED) is 0.493. The highest BCUT2D eigenvalue weighted by Crippen LogP contribution is 2.20. The van der Waals surface area contributed by atoms with E-state index in [4.69, 9.17) is 0 Å². The van der Waals surface area contributed by atoms with Crippen LogP contribution in [0.3, 0.4) is 0 Å². The Balaban J connectivity index is 1.71. The summed E-state index contributed by atoms with van der Waals surface area (Å²) in [5.41, 5.74) is 1.31. The van der Waals surface area contributed by atoms with Gasteiger partial charge in [0.1, 0.15) is 11.7 Å². The van der Waals surface area contributed by atoms with E-state index in [2.05, 4.69) is 10.3 Å². The van der Waals surface area contributed by atoms with E-state index in [1.807, 2.05) is 36.4 Å². The van der Waals surface area contributed by atoms with E-state index in [0.717, 1.165) is 5.69 Å². The lowest BCUT2D eigenvalue weighted by Gasteiger charge is -2.27. The van der Waals surface area contributed by atoms with Gasteiger partial charge in [-0.15, -0.1) is 5.11 Å². The minimum Gasteiger partial charge on any atom is -0.299 e. The Bertz CT molecular complexity index is 714. The Morgan fingerprint density at radius 3 is 2.35 bits per heavy atom. The summed E-state index contributed by atoms with van der Waals surface area (Å²) in [7, 11) is 0. The van der Waals surface area contributed by atoms with Gasteiger partial charge in [0.25, 0.3) is 0 Å². The number of carbonyl (C=O) groups excluding carboxylic acids is 2. The minimum atomic E-state index is -0.666. The number of ketones is 2. The van der Waals surface area contributed by atoms with E-state index < -0.39 is 5.92 Å². The van der Waals surface area contributed by atoms with Gasteiger partial charge in [0.15, 0.2) is 5.78 Å². The van der Waals surface area contributed by atoms with Crippen LogP contribution in [0, 0.1) is 5.92 Å². The second-order valence-corrected chi connectivity index (χ2v) is 5.44. The summed E-state index contributed by atoms with van der Waals surface area (Å²) in [4.78, 5) is 24.6. The van der Waals surface area contributed by atoms with Crippen LogP contribution in [0.1, 0.15) is 16.8 Å². The summed E-state index contributed by atoms with van der Waals surface area (Å²) >= 11 is 0. The molecule has 2 aromatic rings. The van der Waals surface area contributed by atoms with Crippen molar-refractivity contribution >= 4 is 17.3 Å². The zero-order chi connectivity index (χ0) is 16.1. The number of Topliss-reactive ketones (excluding diaryl/α,β-unsaturated/α-hetero) is 2. The summed E-state index contributed by atoms with van der Waals surface area (Å²) in [6.45, 7) is 0.774. The topological polar surface area (TPSA) is 62.1 Å². The van der Waals surface area contributed by atoms with Crippen LogP contribution in [0.5, 0.6) is 0 Å². The van der Waals surface area contributed by atoms with Gasteiger partial charge >= 0.3 is 0 Å². The Hall–Kier alpha value is -2.82. The SMILES string of the molecule is O=C1CCN(N=Nc2ccccc2)CC1C(=O)c1ccccc1.